The van der Waals surface area contributed by atoms with Crippen molar-refractivity contribution in [3.05, 3.63) is 17.8 Å². The fraction of sp³-hybridized carbons (Fsp3) is 0.636. The quantitative estimate of drug-likeness (QED) is 0.776. The van der Waals surface area contributed by atoms with Gasteiger partial charge in [0.1, 0.15) is 6.33 Å². The van der Waals surface area contributed by atoms with Gasteiger partial charge in [-0.25, -0.2) is 14.4 Å². The van der Waals surface area contributed by atoms with Crippen LogP contribution in [-0.4, -0.2) is 29.1 Å². The fourth-order valence-electron chi connectivity index (χ4n) is 1.96. The zero-order chi connectivity index (χ0) is 11.7. The second-order valence-electron chi connectivity index (χ2n) is 4.47. The second-order valence-corrected chi connectivity index (χ2v) is 4.47. The van der Waals surface area contributed by atoms with Gasteiger partial charge in [0.15, 0.2) is 11.6 Å². The molecule has 2 heterocycles. The Kier molecular flexibility index (Phi) is 3.05. The summed E-state index contributed by atoms with van der Waals surface area (Å²) in [6.07, 6.45) is 2.38. The first-order valence-electron chi connectivity index (χ1n) is 5.57. The molecule has 1 aromatic heterocycles. The summed E-state index contributed by atoms with van der Waals surface area (Å²) in [6.45, 7) is 5.24. The molecule has 2 unspecified atom stereocenters. The first-order valence-corrected chi connectivity index (χ1v) is 5.57. The molecule has 0 aliphatic carbocycles. The van der Waals surface area contributed by atoms with Crippen LogP contribution >= 0.6 is 0 Å². The summed E-state index contributed by atoms with van der Waals surface area (Å²) < 4.78 is 13.8. The SMILES string of the molecule is Cc1ncnc(N2CCC(C)C(N)C2)c1F. The molecule has 1 fully saturated rings. The van der Waals surface area contributed by atoms with Gasteiger partial charge >= 0.3 is 0 Å². The first kappa shape index (κ1) is 11.3. The molecule has 2 N–H and O–H groups in total. The highest BCUT2D eigenvalue weighted by atomic mass is 19.1. The number of aromatic nitrogens is 2. The average Bonchev–Trinajstić information content (AvgIpc) is 2.26. The predicted octanol–water partition coefficient (Wildman–Crippen LogP) is 1.10. The van der Waals surface area contributed by atoms with Crippen LogP contribution in [0.15, 0.2) is 6.33 Å². The maximum absolute atomic E-state index is 13.8. The highest BCUT2D eigenvalue weighted by Gasteiger charge is 2.26. The van der Waals surface area contributed by atoms with Gasteiger partial charge in [-0.2, -0.15) is 0 Å². The third-order valence-electron chi connectivity index (χ3n) is 3.26. The second kappa shape index (κ2) is 4.33. The van der Waals surface area contributed by atoms with Crippen LogP contribution in [0.25, 0.3) is 0 Å². The number of aryl methyl sites for hydroxylation is 1. The molecule has 1 saturated heterocycles. The number of rotatable bonds is 1. The van der Waals surface area contributed by atoms with E-state index in [9.17, 15) is 4.39 Å². The van der Waals surface area contributed by atoms with E-state index in [1.54, 1.807) is 6.92 Å². The minimum absolute atomic E-state index is 0.0865. The van der Waals surface area contributed by atoms with Gasteiger partial charge < -0.3 is 10.6 Å². The third-order valence-corrected chi connectivity index (χ3v) is 3.26. The van der Waals surface area contributed by atoms with Gasteiger partial charge in [-0.1, -0.05) is 6.92 Å². The van der Waals surface area contributed by atoms with E-state index in [-0.39, 0.29) is 11.9 Å². The van der Waals surface area contributed by atoms with Gasteiger partial charge in [-0.05, 0) is 19.3 Å². The summed E-state index contributed by atoms with van der Waals surface area (Å²) in [4.78, 5) is 9.74. The lowest BCUT2D eigenvalue weighted by molar-refractivity contribution is 0.375. The van der Waals surface area contributed by atoms with E-state index in [1.165, 1.54) is 6.33 Å². The molecular weight excluding hydrogens is 207 g/mol. The lowest BCUT2D eigenvalue weighted by Crippen LogP contribution is -2.48. The molecule has 16 heavy (non-hydrogen) atoms. The van der Waals surface area contributed by atoms with E-state index in [0.29, 0.717) is 24.0 Å². The number of anilines is 1. The van der Waals surface area contributed by atoms with Crippen molar-refractivity contribution in [1.82, 2.24) is 9.97 Å². The van der Waals surface area contributed by atoms with Gasteiger partial charge in [0.05, 0.1) is 5.69 Å². The molecule has 1 aliphatic rings. The maximum Gasteiger partial charge on any atom is 0.186 e. The van der Waals surface area contributed by atoms with E-state index >= 15 is 0 Å². The highest BCUT2D eigenvalue weighted by Crippen LogP contribution is 2.23. The summed E-state index contributed by atoms with van der Waals surface area (Å²) in [5, 5.41) is 0. The van der Waals surface area contributed by atoms with Gasteiger partial charge in [-0.15, -0.1) is 0 Å². The molecule has 1 aliphatic heterocycles. The van der Waals surface area contributed by atoms with Gasteiger partial charge in [0.2, 0.25) is 0 Å². The number of nitrogens with two attached hydrogens (primary N) is 1. The molecule has 0 spiro atoms. The monoisotopic (exact) mass is 224 g/mol. The number of hydrogen-bond acceptors (Lipinski definition) is 4. The normalized spacial score (nSPS) is 25.9. The summed E-state index contributed by atoms with van der Waals surface area (Å²) in [5.74, 6) is 0.543. The Morgan fingerprint density at radius 1 is 1.50 bits per heavy atom. The molecule has 0 aromatic carbocycles. The van der Waals surface area contributed by atoms with Gasteiger partial charge in [-0.3, -0.25) is 0 Å². The van der Waals surface area contributed by atoms with Crippen molar-refractivity contribution in [1.29, 1.82) is 0 Å². The smallest absolute Gasteiger partial charge is 0.186 e. The Labute approximate surface area is 94.7 Å². The molecule has 1 aromatic rings. The van der Waals surface area contributed by atoms with E-state index in [4.69, 9.17) is 5.73 Å². The molecule has 0 amide bonds. The Morgan fingerprint density at radius 3 is 2.94 bits per heavy atom. The molecule has 2 rings (SSSR count). The largest absolute Gasteiger partial charge is 0.353 e. The number of halogens is 1. The van der Waals surface area contributed by atoms with E-state index in [2.05, 4.69) is 16.9 Å². The summed E-state index contributed by atoms with van der Waals surface area (Å²) in [7, 11) is 0. The van der Waals surface area contributed by atoms with E-state index in [0.717, 1.165) is 13.0 Å². The Bertz CT molecular complexity index is 382. The lowest BCUT2D eigenvalue weighted by atomic mass is 9.94. The van der Waals surface area contributed by atoms with Gasteiger partial charge in [0, 0.05) is 19.1 Å². The number of nitrogens with zero attached hydrogens (tertiary/aromatic N) is 3. The van der Waals surface area contributed by atoms with Crippen molar-refractivity contribution in [3.63, 3.8) is 0 Å². The highest BCUT2D eigenvalue weighted by molar-refractivity contribution is 5.41. The van der Waals surface area contributed by atoms with Crippen molar-refractivity contribution in [2.75, 3.05) is 18.0 Å². The van der Waals surface area contributed by atoms with Crippen LogP contribution in [0, 0.1) is 18.7 Å². The van der Waals surface area contributed by atoms with Crippen molar-refractivity contribution in [2.24, 2.45) is 11.7 Å². The van der Waals surface area contributed by atoms with Crippen molar-refractivity contribution in [2.45, 2.75) is 26.3 Å². The van der Waals surface area contributed by atoms with Crippen LogP contribution in [0.2, 0.25) is 0 Å². The minimum atomic E-state index is -0.329. The molecule has 0 bridgehead atoms. The zero-order valence-corrected chi connectivity index (χ0v) is 9.65. The summed E-state index contributed by atoms with van der Waals surface area (Å²) in [6, 6.07) is 0.0865. The molecule has 2 atom stereocenters. The fourth-order valence-corrected chi connectivity index (χ4v) is 1.96. The predicted molar refractivity (Wildman–Crippen MR) is 60.7 cm³/mol. The van der Waals surface area contributed by atoms with Gasteiger partial charge in [0.25, 0.3) is 0 Å². The van der Waals surface area contributed by atoms with Crippen molar-refractivity contribution < 1.29 is 4.39 Å². The number of hydrogen-bond donors (Lipinski definition) is 1. The Morgan fingerprint density at radius 2 is 2.25 bits per heavy atom. The molecular formula is C11H17FN4. The third kappa shape index (κ3) is 2.00. The zero-order valence-electron chi connectivity index (χ0n) is 9.65. The maximum atomic E-state index is 13.8. The molecule has 88 valence electrons. The Hall–Kier alpha value is -1.23. The number of piperidine rings is 1. The average molecular weight is 224 g/mol. The van der Waals surface area contributed by atoms with Crippen LogP contribution < -0.4 is 10.6 Å². The topological polar surface area (TPSA) is 55.0 Å². The van der Waals surface area contributed by atoms with Crippen LogP contribution in [0.3, 0.4) is 0 Å². The summed E-state index contributed by atoms with van der Waals surface area (Å²) >= 11 is 0. The Balaban J connectivity index is 2.22. The van der Waals surface area contributed by atoms with E-state index < -0.39 is 0 Å². The van der Waals surface area contributed by atoms with Crippen molar-refractivity contribution >= 4 is 5.82 Å². The first-order chi connectivity index (χ1) is 7.59. The molecule has 0 saturated carbocycles. The standard InChI is InChI=1S/C11H17FN4/c1-7-3-4-16(5-9(7)13)11-10(12)8(2)14-6-15-11/h6-7,9H,3-5,13H2,1-2H3. The van der Waals surface area contributed by atoms with E-state index in [1.807, 2.05) is 4.90 Å². The lowest BCUT2D eigenvalue weighted by Gasteiger charge is -2.35. The molecule has 0 radical (unpaired) electrons. The minimum Gasteiger partial charge on any atom is -0.353 e. The van der Waals surface area contributed by atoms with Crippen molar-refractivity contribution in [3.8, 4) is 0 Å². The van der Waals surface area contributed by atoms with Crippen LogP contribution in [0.1, 0.15) is 19.0 Å². The molecule has 4 nitrogen and oxygen atoms in total. The van der Waals surface area contributed by atoms with Crippen LogP contribution in [0.4, 0.5) is 10.2 Å². The van der Waals surface area contributed by atoms with Crippen LogP contribution in [0.5, 0.6) is 0 Å². The summed E-state index contributed by atoms with van der Waals surface area (Å²) in [5.41, 5.74) is 6.37. The molecule has 5 heteroatoms. The van der Waals surface area contributed by atoms with Crippen LogP contribution in [-0.2, 0) is 0 Å².